The third-order valence-corrected chi connectivity index (χ3v) is 7.06. The summed E-state index contributed by atoms with van der Waals surface area (Å²) in [6, 6.07) is 12.7. The van der Waals surface area contributed by atoms with Crippen LogP contribution < -0.4 is 10.1 Å². The maximum absolute atomic E-state index is 12.7. The van der Waals surface area contributed by atoms with Crippen LogP contribution in [-0.4, -0.2) is 57.8 Å². The summed E-state index contributed by atoms with van der Waals surface area (Å²) in [6.07, 6.45) is 0. The predicted octanol–water partition coefficient (Wildman–Crippen LogP) is 3.28. The van der Waals surface area contributed by atoms with E-state index in [1.165, 1.54) is 20.2 Å². The van der Waals surface area contributed by atoms with Gasteiger partial charge in [0.05, 0.1) is 18.6 Å². The number of methoxy groups -OCH3 is 1. The highest BCUT2D eigenvalue weighted by molar-refractivity contribution is 7.89. The number of aryl methyl sites for hydroxylation is 1. The summed E-state index contributed by atoms with van der Waals surface area (Å²) >= 11 is 0. The first-order valence-electron chi connectivity index (χ1n) is 9.81. The van der Waals surface area contributed by atoms with Gasteiger partial charge in [-0.2, -0.15) is 0 Å². The minimum Gasteiger partial charge on any atom is -0.497 e. The van der Waals surface area contributed by atoms with Gasteiger partial charge in [-0.1, -0.05) is 25.1 Å². The van der Waals surface area contributed by atoms with Crippen molar-refractivity contribution in [3.8, 4) is 5.75 Å². The van der Waals surface area contributed by atoms with E-state index < -0.39 is 10.0 Å². The molecule has 30 heavy (non-hydrogen) atoms. The van der Waals surface area contributed by atoms with E-state index in [0.29, 0.717) is 17.8 Å². The number of benzene rings is 2. The number of sulfonamides is 1. The van der Waals surface area contributed by atoms with E-state index in [1.807, 2.05) is 43.0 Å². The van der Waals surface area contributed by atoms with E-state index >= 15 is 0 Å². The Hall–Kier alpha value is -2.42. The second-order valence-electron chi connectivity index (χ2n) is 7.33. The summed E-state index contributed by atoms with van der Waals surface area (Å²) in [5.41, 5.74) is 2.14. The van der Waals surface area contributed by atoms with Crippen molar-refractivity contribution in [2.75, 3.05) is 39.6 Å². The molecule has 0 aliphatic heterocycles. The van der Waals surface area contributed by atoms with Gasteiger partial charge in [-0.25, -0.2) is 12.7 Å². The number of hydrogen-bond donors (Lipinski definition) is 1. The zero-order chi connectivity index (χ0) is 22.5. The second-order valence-corrected chi connectivity index (χ2v) is 9.45. The van der Waals surface area contributed by atoms with Crippen molar-refractivity contribution in [2.24, 2.45) is 0 Å². The van der Waals surface area contributed by atoms with Crippen LogP contribution in [0.25, 0.3) is 0 Å². The Morgan fingerprint density at radius 2 is 1.87 bits per heavy atom. The Kier molecular flexibility index (Phi) is 8.00. The second kappa shape index (κ2) is 10.1. The zero-order valence-corrected chi connectivity index (χ0v) is 19.3. The number of amides is 1. The summed E-state index contributed by atoms with van der Waals surface area (Å²) in [4.78, 5) is 14.9. The van der Waals surface area contributed by atoms with Gasteiger partial charge in [-0.3, -0.25) is 9.69 Å². The van der Waals surface area contributed by atoms with Crippen molar-refractivity contribution in [1.29, 1.82) is 0 Å². The van der Waals surface area contributed by atoms with Gasteiger partial charge in [0.15, 0.2) is 0 Å². The summed E-state index contributed by atoms with van der Waals surface area (Å²) < 4.78 is 31.5. The Balaban J connectivity index is 2.15. The normalized spacial score (nSPS) is 12.8. The summed E-state index contributed by atoms with van der Waals surface area (Å²) in [6.45, 7) is 6.63. The quantitative estimate of drug-likeness (QED) is 0.657. The van der Waals surface area contributed by atoms with Crippen LogP contribution in [0.5, 0.6) is 5.75 Å². The third kappa shape index (κ3) is 5.59. The third-order valence-electron chi connectivity index (χ3n) is 5.11. The first-order valence-corrected chi connectivity index (χ1v) is 11.2. The monoisotopic (exact) mass is 433 g/mol. The van der Waals surface area contributed by atoms with Crippen LogP contribution >= 0.6 is 0 Å². The Morgan fingerprint density at radius 1 is 1.17 bits per heavy atom. The molecule has 1 N–H and O–H groups in total. The molecule has 2 aromatic carbocycles. The molecule has 0 saturated heterocycles. The zero-order valence-electron chi connectivity index (χ0n) is 18.5. The molecule has 1 atom stereocenters. The summed E-state index contributed by atoms with van der Waals surface area (Å²) in [7, 11) is 1.01. The lowest BCUT2D eigenvalue weighted by molar-refractivity contribution is -0.117. The predicted molar refractivity (Wildman–Crippen MR) is 119 cm³/mol. The molecule has 164 valence electrons. The maximum Gasteiger partial charge on any atom is 0.242 e. The lowest BCUT2D eigenvalue weighted by Crippen LogP contribution is -2.35. The Morgan fingerprint density at radius 3 is 2.47 bits per heavy atom. The molecule has 0 heterocycles. The topological polar surface area (TPSA) is 79.0 Å². The first kappa shape index (κ1) is 23.9. The molecular formula is C22H31N3O4S. The van der Waals surface area contributed by atoms with Gasteiger partial charge < -0.3 is 10.1 Å². The lowest BCUT2D eigenvalue weighted by atomic mass is 10.1. The fourth-order valence-electron chi connectivity index (χ4n) is 3.17. The van der Waals surface area contributed by atoms with Crippen molar-refractivity contribution in [3.63, 3.8) is 0 Å². The van der Waals surface area contributed by atoms with Crippen LogP contribution in [0.2, 0.25) is 0 Å². The number of anilines is 1. The van der Waals surface area contributed by atoms with Crippen LogP contribution in [0.1, 0.15) is 31.0 Å². The molecule has 0 aliphatic carbocycles. The molecule has 7 nitrogen and oxygen atoms in total. The average molecular weight is 434 g/mol. The van der Waals surface area contributed by atoms with E-state index in [1.54, 1.807) is 26.2 Å². The van der Waals surface area contributed by atoms with Crippen molar-refractivity contribution < 1.29 is 17.9 Å². The number of hydrogen-bond acceptors (Lipinski definition) is 5. The van der Waals surface area contributed by atoms with E-state index in [2.05, 4.69) is 5.32 Å². The van der Waals surface area contributed by atoms with Gasteiger partial charge in [-0.15, -0.1) is 0 Å². The molecule has 0 fully saturated rings. The molecule has 0 aliphatic rings. The molecule has 2 rings (SSSR count). The van der Waals surface area contributed by atoms with Crippen LogP contribution in [0.4, 0.5) is 5.69 Å². The van der Waals surface area contributed by atoms with E-state index in [0.717, 1.165) is 15.6 Å². The molecule has 0 aromatic heterocycles. The highest BCUT2D eigenvalue weighted by atomic mass is 32.2. The van der Waals surface area contributed by atoms with Gasteiger partial charge in [0.2, 0.25) is 15.9 Å². The summed E-state index contributed by atoms with van der Waals surface area (Å²) in [5, 5.41) is 2.83. The van der Waals surface area contributed by atoms with E-state index in [-0.39, 0.29) is 23.4 Å². The molecule has 2 aromatic rings. The smallest absolute Gasteiger partial charge is 0.242 e. The highest BCUT2D eigenvalue weighted by Gasteiger charge is 2.21. The highest BCUT2D eigenvalue weighted by Crippen LogP contribution is 2.25. The van der Waals surface area contributed by atoms with Crippen molar-refractivity contribution >= 4 is 21.6 Å². The minimum absolute atomic E-state index is 0.0125. The fourth-order valence-corrected chi connectivity index (χ4v) is 4.32. The first-order chi connectivity index (χ1) is 14.1. The van der Waals surface area contributed by atoms with E-state index in [9.17, 15) is 13.2 Å². The summed E-state index contributed by atoms with van der Waals surface area (Å²) in [5.74, 6) is 0.567. The van der Waals surface area contributed by atoms with Crippen molar-refractivity contribution in [1.82, 2.24) is 9.21 Å². The Bertz CT molecular complexity index is 990. The number of likely N-dealkylation sites (N-methyl/N-ethyl adjacent to an activating group) is 1. The molecular weight excluding hydrogens is 402 g/mol. The molecule has 1 unspecified atom stereocenters. The van der Waals surface area contributed by atoms with Crippen molar-refractivity contribution in [3.05, 3.63) is 53.6 Å². The SMILES string of the molecule is CCN(CC(=O)Nc1ccc(C)c(S(=O)(=O)N(C)C)c1)C(C)c1cccc(OC)c1. The standard InChI is InChI=1S/C22H31N3O4S/c1-7-25(17(3)18-9-8-10-20(13-18)29-6)15-22(26)23-19-12-11-16(2)21(14-19)30(27,28)24(4)5/h8-14,17H,7,15H2,1-6H3,(H,23,26). The van der Waals surface area contributed by atoms with Crippen LogP contribution in [0.15, 0.2) is 47.4 Å². The van der Waals surface area contributed by atoms with Crippen LogP contribution in [-0.2, 0) is 14.8 Å². The number of nitrogens with zero attached hydrogens (tertiary/aromatic N) is 2. The molecule has 1 amide bonds. The van der Waals surface area contributed by atoms with Gasteiger partial charge in [-0.05, 0) is 55.8 Å². The fraction of sp³-hybridized carbons (Fsp3) is 0.409. The van der Waals surface area contributed by atoms with Gasteiger partial charge >= 0.3 is 0 Å². The van der Waals surface area contributed by atoms with Gasteiger partial charge in [0.1, 0.15) is 5.75 Å². The van der Waals surface area contributed by atoms with E-state index in [4.69, 9.17) is 4.74 Å². The Labute approximate surface area is 179 Å². The van der Waals surface area contributed by atoms with Crippen LogP contribution in [0.3, 0.4) is 0 Å². The molecule has 0 bridgehead atoms. The number of rotatable bonds is 9. The molecule has 0 radical (unpaired) electrons. The number of carbonyl (C=O) groups excluding carboxylic acids is 1. The molecule has 8 heteroatoms. The number of nitrogens with one attached hydrogen (secondary N) is 1. The lowest BCUT2D eigenvalue weighted by Gasteiger charge is -2.27. The average Bonchev–Trinajstić information content (AvgIpc) is 2.72. The maximum atomic E-state index is 12.7. The molecule has 0 saturated carbocycles. The largest absolute Gasteiger partial charge is 0.497 e. The number of carbonyl (C=O) groups is 1. The van der Waals surface area contributed by atoms with Gasteiger partial charge in [0, 0.05) is 25.8 Å². The van der Waals surface area contributed by atoms with Gasteiger partial charge in [0.25, 0.3) is 0 Å². The van der Waals surface area contributed by atoms with Crippen LogP contribution in [0, 0.1) is 6.92 Å². The number of ether oxygens (including phenoxy) is 1. The van der Waals surface area contributed by atoms with Crippen molar-refractivity contribution in [2.45, 2.75) is 31.7 Å². The minimum atomic E-state index is -3.59. The molecule has 0 spiro atoms.